The molecule has 0 bridgehead atoms. The smallest absolute Gasteiger partial charge is 0.184 e. The van der Waals surface area contributed by atoms with Gasteiger partial charge in [-0.05, 0) is 31.9 Å². The summed E-state index contributed by atoms with van der Waals surface area (Å²) < 4.78 is 0. The molecule has 0 aromatic carbocycles. The van der Waals surface area contributed by atoms with Crippen molar-refractivity contribution in [1.82, 2.24) is 4.98 Å². The molecule has 2 N–H and O–H groups in total. The van der Waals surface area contributed by atoms with Crippen molar-refractivity contribution in [3.8, 4) is 0 Å². The highest BCUT2D eigenvalue weighted by atomic mass is 16.1. The molecule has 0 aliphatic heterocycles. The van der Waals surface area contributed by atoms with E-state index in [-0.39, 0.29) is 5.78 Å². The number of pyridine rings is 1. The molecule has 1 aromatic heterocycles. The first-order valence-electron chi connectivity index (χ1n) is 5.23. The van der Waals surface area contributed by atoms with Crippen molar-refractivity contribution in [2.75, 3.05) is 0 Å². The van der Waals surface area contributed by atoms with Gasteiger partial charge in [-0.25, -0.2) is 0 Å². The van der Waals surface area contributed by atoms with Crippen LogP contribution in [0.4, 0.5) is 0 Å². The Morgan fingerprint density at radius 1 is 1.60 bits per heavy atom. The van der Waals surface area contributed by atoms with Crippen LogP contribution in [0.15, 0.2) is 18.5 Å². The Morgan fingerprint density at radius 3 is 2.80 bits per heavy atom. The van der Waals surface area contributed by atoms with Gasteiger partial charge in [-0.1, -0.05) is 13.3 Å². The van der Waals surface area contributed by atoms with Crippen molar-refractivity contribution >= 4 is 5.78 Å². The largest absolute Gasteiger partial charge is 0.319 e. The minimum Gasteiger partial charge on any atom is -0.319 e. The van der Waals surface area contributed by atoms with E-state index in [0.717, 1.165) is 12.0 Å². The lowest BCUT2D eigenvalue weighted by Crippen LogP contribution is -2.45. The zero-order chi connectivity index (χ0) is 11.5. The van der Waals surface area contributed by atoms with Gasteiger partial charge in [0.15, 0.2) is 5.78 Å². The summed E-state index contributed by atoms with van der Waals surface area (Å²) in [6, 6.07) is 1.83. The van der Waals surface area contributed by atoms with Gasteiger partial charge in [0, 0.05) is 18.0 Å². The SMILES string of the molecule is CCCC(C)(N)C(=O)c1cnccc1C. The molecule has 1 rings (SSSR count). The van der Waals surface area contributed by atoms with E-state index in [4.69, 9.17) is 5.73 Å². The minimum absolute atomic E-state index is 0.0186. The standard InChI is InChI=1S/C12H18N2O/c1-4-6-12(3,13)11(15)10-8-14-7-5-9(10)2/h5,7-8H,4,6,13H2,1-3H3. The first kappa shape index (κ1) is 11.9. The molecule has 1 heterocycles. The molecule has 1 aromatic rings. The molecule has 0 radical (unpaired) electrons. The van der Waals surface area contributed by atoms with Gasteiger partial charge in [0.05, 0.1) is 5.54 Å². The third-order valence-corrected chi connectivity index (χ3v) is 2.57. The van der Waals surface area contributed by atoms with Gasteiger partial charge in [0.2, 0.25) is 0 Å². The molecule has 3 nitrogen and oxygen atoms in total. The van der Waals surface area contributed by atoms with E-state index in [1.807, 2.05) is 19.9 Å². The number of Topliss-reactive ketones (excluding diaryl/α,β-unsaturated/α-hetero) is 1. The van der Waals surface area contributed by atoms with E-state index in [1.165, 1.54) is 0 Å². The second kappa shape index (κ2) is 4.53. The number of nitrogens with two attached hydrogens (primary N) is 1. The van der Waals surface area contributed by atoms with Gasteiger partial charge in [-0.15, -0.1) is 0 Å². The molecular formula is C12H18N2O. The zero-order valence-corrected chi connectivity index (χ0v) is 9.58. The van der Waals surface area contributed by atoms with E-state index >= 15 is 0 Å². The molecule has 0 aliphatic carbocycles. The summed E-state index contributed by atoms with van der Waals surface area (Å²) in [6.07, 6.45) is 4.87. The van der Waals surface area contributed by atoms with Crippen LogP contribution in [0.5, 0.6) is 0 Å². The molecule has 0 amide bonds. The number of carbonyl (C=O) groups is 1. The van der Waals surface area contributed by atoms with Crippen molar-refractivity contribution in [3.63, 3.8) is 0 Å². The Morgan fingerprint density at radius 2 is 2.27 bits per heavy atom. The van der Waals surface area contributed by atoms with Crippen molar-refractivity contribution in [3.05, 3.63) is 29.6 Å². The second-order valence-corrected chi connectivity index (χ2v) is 4.19. The van der Waals surface area contributed by atoms with Crippen molar-refractivity contribution in [2.24, 2.45) is 5.73 Å². The Bertz CT molecular complexity index is 358. The number of aromatic nitrogens is 1. The highest BCUT2D eigenvalue weighted by molar-refractivity contribution is 6.03. The Kier molecular flexibility index (Phi) is 3.58. The van der Waals surface area contributed by atoms with Gasteiger partial charge < -0.3 is 5.73 Å². The van der Waals surface area contributed by atoms with Crippen LogP contribution in [0.3, 0.4) is 0 Å². The third-order valence-electron chi connectivity index (χ3n) is 2.57. The normalized spacial score (nSPS) is 14.7. The molecule has 3 heteroatoms. The predicted octanol–water partition coefficient (Wildman–Crippen LogP) is 2.09. The average molecular weight is 206 g/mol. The number of carbonyl (C=O) groups excluding carboxylic acids is 1. The fourth-order valence-corrected chi connectivity index (χ4v) is 1.64. The number of ketones is 1. The van der Waals surface area contributed by atoms with Crippen LogP contribution in [0.2, 0.25) is 0 Å². The molecule has 1 atom stereocenters. The molecule has 0 saturated carbocycles. The van der Waals surface area contributed by atoms with E-state index in [2.05, 4.69) is 4.98 Å². The maximum atomic E-state index is 12.1. The molecule has 0 aliphatic rings. The monoisotopic (exact) mass is 206 g/mol. The van der Waals surface area contributed by atoms with Crippen molar-refractivity contribution in [2.45, 2.75) is 39.2 Å². The second-order valence-electron chi connectivity index (χ2n) is 4.19. The highest BCUT2D eigenvalue weighted by Gasteiger charge is 2.29. The van der Waals surface area contributed by atoms with Crippen LogP contribution in [0, 0.1) is 6.92 Å². The molecule has 15 heavy (non-hydrogen) atoms. The van der Waals surface area contributed by atoms with Crippen LogP contribution in [0.1, 0.15) is 42.6 Å². The third kappa shape index (κ3) is 2.63. The van der Waals surface area contributed by atoms with Crippen molar-refractivity contribution in [1.29, 1.82) is 0 Å². The number of nitrogens with zero attached hydrogens (tertiary/aromatic N) is 1. The number of rotatable bonds is 4. The molecule has 82 valence electrons. The van der Waals surface area contributed by atoms with Crippen LogP contribution in [0.25, 0.3) is 0 Å². The lowest BCUT2D eigenvalue weighted by molar-refractivity contribution is 0.0892. The Labute approximate surface area is 90.7 Å². The average Bonchev–Trinajstić information content (AvgIpc) is 2.17. The van der Waals surface area contributed by atoms with Gasteiger partial charge in [-0.2, -0.15) is 0 Å². The van der Waals surface area contributed by atoms with Crippen molar-refractivity contribution < 1.29 is 4.79 Å². The predicted molar refractivity (Wildman–Crippen MR) is 60.8 cm³/mol. The van der Waals surface area contributed by atoms with E-state index < -0.39 is 5.54 Å². The first-order valence-corrected chi connectivity index (χ1v) is 5.23. The summed E-state index contributed by atoms with van der Waals surface area (Å²) >= 11 is 0. The Balaban J connectivity index is 2.99. The fourth-order valence-electron chi connectivity index (χ4n) is 1.64. The highest BCUT2D eigenvalue weighted by Crippen LogP contribution is 2.17. The molecule has 0 saturated heterocycles. The quantitative estimate of drug-likeness (QED) is 0.767. The van der Waals surface area contributed by atoms with Gasteiger partial charge >= 0.3 is 0 Å². The maximum absolute atomic E-state index is 12.1. The number of hydrogen-bond acceptors (Lipinski definition) is 3. The topological polar surface area (TPSA) is 56.0 Å². The molecule has 0 fully saturated rings. The van der Waals surface area contributed by atoms with Gasteiger partial charge in [-0.3, -0.25) is 9.78 Å². The number of hydrogen-bond donors (Lipinski definition) is 1. The van der Waals surface area contributed by atoms with Crippen LogP contribution < -0.4 is 5.73 Å². The van der Waals surface area contributed by atoms with Gasteiger partial charge in [0.1, 0.15) is 0 Å². The van der Waals surface area contributed by atoms with E-state index in [9.17, 15) is 4.79 Å². The fraction of sp³-hybridized carbons (Fsp3) is 0.500. The molecular weight excluding hydrogens is 188 g/mol. The Hall–Kier alpha value is -1.22. The first-order chi connectivity index (χ1) is 6.99. The number of aryl methyl sites for hydroxylation is 1. The van der Waals surface area contributed by atoms with E-state index in [1.54, 1.807) is 19.3 Å². The summed E-state index contributed by atoms with van der Waals surface area (Å²) in [5.74, 6) is -0.0186. The van der Waals surface area contributed by atoms with E-state index in [0.29, 0.717) is 12.0 Å². The lowest BCUT2D eigenvalue weighted by Gasteiger charge is -2.22. The van der Waals surface area contributed by atoms with Crippen LogP contribution in [-0.4, -0.2) is 16.3 Å². The summed E-state index contributed by atoms with van der Waals surface area (Å²) in [7, 11) is 0. The molecule has 0 spiro atoms. The van der Waals surface area contributed by atoms with Gasteiger partial charge in [0.25, 0.3) is 0 Å². The summed E-state index contributed by atoms with van der Waals surface area (Å²) in [5.41, 5.74) is 6.79. The molecule has 1 unspecified atom stereocenters. The summed E-state index contributed by atoms with van der Waals surface area (Å²) in [4.78, 5) is 16.1. The lowest BCUT2D eigenvalue weighted by atomic mass is 9.87. The minimum atomic E-state index is -0.775. The zero-order valence-electron chi connectivity index (χ0n) is 9.58. The maximum Gasteiger partial charge on any atom is 0.184 e. The summed E-state index contributed by atoms with van der Waals surface area (Å²) in [6.45, 7) is 5.71. The van der Waals surface area contributed by atoms with Crippen LogP contribution in [-0.2, 0) is 0 Å². The summed E-state index contributed by atoms with van der Waals surface area (Å²) in [5, 5.41) is 0. The van der Waals surface area contributed by atoms with Crippen LogP contribution >= 0.6 is 0 Å².